The largest absolute Gasteiger partial charge is 0.334 e. The maximum atomic E-state index is 12.3. The first kappa shape index (κ1) is 14.5. The first-order valence-electron chi connectivity index (χ1n) is 7.32. The number of pyridine rings is 1. The molecule has 1 N–H and O–H groups in total. The number of nitriles is 1. The fourth-order valence-electron chi connectivity index (χ4n) is 2.67. The van der Waals surface area contributed by atoms with Crippen molar-refractivity contribution in [1.82, 2.24) is 10.3 Å². The molecule has 0 aliphatic heterocycles. The molecule has 4 heteroatoms. The van der Waals surface area contributed by atoms with Crippen LogP contribution < -0.4 is 5.32 Å². The van der Waals surface area contributed by atoms with Gasteiger partial charge in [0.15, 0.2) is 0 Å². The van der Waals surface area contributed by atoms with Gasteiger partial charge < -0.3 is 5.32 Å². The molecule has 1 aromatic rings. The molecule has 1 saturated carbocycles. The minimum absolute atomic E-state index is 0.195. The summed E-state index contributed by atoms with van der Waals surface area (Å²) in [4.78, 5) is 16.4. The predicted octanol–water partition coefficient (Wildman–Crippen LogP) is 3.13. The van der Waals surface area contributed by atoms with Gasteiger partial charge in [0, 0.05) is 11.9 Å². The Hall–Kier alpha value is -1.89. The quantitative estimate of drug-likeness (QED) is 0.898. The molecule has 0 spiro atoms. The van der Waals surface area contributed by atoms with Gasteiger partial charge in [-0.1, -0.05) is 32.1 Å². The lowest BCUT2D eigenvalue weighted by Gasteiger charge is -2.29. The van der Waals surface area contributed by atoms with Crippen LogP contribution in [0.15, 0.2) is 18.3 Å². The zero-order valence-electron chi connectivity index (χ0n) is 12.0. The van der Waals surface area contributed by atoms with Crippen LogP contribution in [0.5, 0.6) is 0 Å². The maximum absolute atomic E-state index is 12.3. The topological polar surface area (TPSA) is 65.8 Å². The fraction of sp³-hybridized carbons (Fsp3) is 0.562. The Morgan fingerprint density at radius 2 is 1.90 bits per heavy atom. The molecule has 0 unspecified atom stereocenters. The second kappa shape index (κ2) is 6.51. The summed E-state index contributed by atoms with van der Waals surface area (Å²) in [6.07, 6.45) is 8.58. The highest BCUT2D eigenvalue weighted by molar-refractivity contribution is 5.94. The Morgan fingerprint density at radius 3 is 2.45 bits per heavy atom. The van der Waals surface area contributed by atoms with Crippen molar-refractivity contribution in [3.63, 3.8) is 0 Å². The Bertz CT molecular complexity index is 493. The number of nitrogens with one attached hydrogen (secondary N) is 1. The molecule has 1 aliphatic rings. The van der Waals surface area contributed by atoms with Gasteiger partial charge in [-0.25, -0.2) is 0 Å². The summed E-state index contributed by atoms with van der Waals surface area (Å²) in [5.74, 6) is -0.195. The highest BCUT2D eigenvalue weighted by Gasteiger charge is 2.32. The second-order valence-electron chi connectivity index (χ2n) is 5.60. The molecular formula is C16H21N3O. The van der Waals surface area contributed by atoms with E-state index in [0.29, 0.717) is 5.56 Å². The van der Waals surface area contributed by atoms with Gasteiger partial charge in [0.2, 0.25) is 0 Å². The van der Waals surface area contributed by atoms with E-state index in [4.69, 9.17) is 0 Å². The SMILES string of the molecule is Cc1ccc(C(=O)NC2(C#N)CCCCCCC2)cn1. The lowest BCUT2D eigenvalue weighted by atomic mass is 9.85. The smallest absolute Gasteiger partial charge is 0.254 e. The molecule has 20 heavy (non-hydrogen) atoms. The number of hydrogen-bond donors (Lipinski definition) is 1. The Labute approximate surface area is 120 Å². The van der Waals surface area contributed by atoms with Crippen molar-refractivity contribution < 1.29 is 4.79 Å². The van der Waals surface area contributed by atoms with Crippen LogP contribution in [0.1, 0.15) is 61.0 Å². The van der Waals surface area contributed by atoms with Crippen molar-refractivity contribution in [1.29, 1.82) is 5.26 Å². The van der Waals surface area contributed by atoms with Crippen molar-refractivity contribution in [3.05, 3.63) is 29.6 Å². The summed E-state index contributed by atoms with van der Waals surface area (Å²) < 4.78 is 0. The highest BCUT2D eigenvalue weighted by atomic mass is 16.1. The van der Waals surface area contributed by atoms with Gasteiger partial charge in [0.05, 0.1) is 11.6 Å². The first-order valence-corrected chi connectivity index (χ1v) is 7.32. The van der Waals surface area contributed by atoms with Crippen LogP contribution in [0.25, 0.3) is 0 Å². The van der Waals surface area contributed by atoms with Crippen LogP contribution in [0.4, 0.5) is 0 Å². The van der Waals surface area contributed by atoms with E-state index in [0.717, 1.165) is 44.2 Å². The Balaban J connectivity index is 2.10. The Kier molecular flexibility index (Phi) is 4.73. The van der Waals surface area contributed by atoms with E-state index in [1.807, 2.05) is 13.0 Å². The van der Waals surface area contributed by atoms with Crippen molar-refractivity contribution >= 4 is 5.91 Å². The van der Waals surface area contributed by atoms with Crippen molar-refractivity contribution in [2.75, 3.05) is 0 Å². The number of aryl methyl sites for hydroxylation is 1. The molecule has 4 nitrogen and oxygen atoms in total. The van der Waals surface area contributed by atoms with E-state index < -0.39 is 5.54 Å². The van der Waals surface area contributed by atoms with Crippen LogP contribution >= 0.6 is 0 Å². The molecule has 1 amide bonds. The molecule has 0 radical (unpaired) electrons. The van der Waals surface area contributed by atoms with Crippen LogP contribution in [0, 0.1) is 18.3 Å². The molecule has 2 rings (SSSR count). The number of rotatable bonds is 2. The van der Waals surface area contributed by atoms with Crippen molar-refractivity contribution in [2.45, 2.75) is 57.4 Å². The molecule has 0 aromatic carbocycles. The minimum Gasteiger partial charge on any atom is -0.334 e. The maximum Gasteiger partial charge on any atom is 0.254 e. The number of hydrogen-bond acceptors (Lipinski definition) is 3. The molecule has 1 aromatic heterocycles. The number of carbonyl (C=O) groups is 1. The molecule has 0 bridgehead atoms. The minimum atomic E-state index is -0.706. The lowest BCUT2D eigenvalue weighted by molar-refractivity contribution is 0.0907. The molecule has 1 aliphatic carbocycles. The van der Waals surface area contributed by atoms with E-state index in [1.54, 1.807) is 12.3 Å². The average molecular weight is 271 g/mol. The number of nitrogens with zero attached hydrogens (tertiary/aromatic N) is 2. The number of carbonyl (C=O) groups excluding carboxylic acids is 1. The summed E-state index contributed by atoms with van der Waals surface area (Å²) >= 11 is 0. The van der Waals surface area contributed by atoms with Crippen LogP contribution in [-0.4, -0.2) is 16.4 Å². The zero-order chi connectivity index (χ0) is 14.4. The second-order valence-corrected chi connectivity index (χ2v) is 5.60. The average Bonchev–Trinajstić information content (AvgIpc) is 2.43. The normalized spacial score (nSPS) is 18.4. The summed E-state index contributed by atoms with van der Waals surface area (Å²) in [7, 11) is 0. The van der Waals surface area contributed by atoms with Crippen LogP contribution in [0.3, 0.4) is 0 Å². The molecule has 106 valence electrons. The van der Waals surface area contributed by atoms with Crippen molar-refractivity contribution in [2.24, 2.45) is 0 Å². The summed E-state index contributed by atoms with van der Waals surface area (Å²) in [6, 6.07) is 5.91. The third-order valence-electron chi connectivity index (χ3n) is 3.95. The van der Waals surface area contributed by atoms with E-state index in [1.165, 1.54) is 6.42 Å². The molecule has 0 atom stereocenters. The van der Waals surface area contributed by atoms with Gasteiger partial charge >= 0.3 is 0 Å². The van der Waals surface area contributed by atoms with Gasteiger partial charge in [-0.05, 0) is 31.9 Å². The molecular weight excluding hydrogens is 250 g/mol. The molecule has 0 saturated heterocycles. The monoisotopic (exact) mass is 271 g/mol. The van der Waals surface area contributed by atoms with E-state index in [9.17, 15) is 10.1 Å². The van der Waals surface area contributed by atoms with E-state index in [-0.39, 0.29) is 5.91 Å². The first-order chi connectivity index (χ1) is 9.65. The van der Waals surface area contributed by atoms with Gasteiger partial charge in [0.1, 0.15) is 5.54 Å². The number of amides is 1. The van der Waals surface area contributed by atoms with E-state index in [2.05, 4.69) is 16.4 Å². The van der Waals surface area contributed by atoms with Crippen LogP contribution in [0.2, 0.25) is 0 Å². The van der Waals surface area contributed by atoms with E-state index >= 15 is 0 Å². The molecule has 1 heterocycles. The third kappa shape index (κ3) is 3.57. The zero-order valence-corrected chi connectivity index (χ0v) is 12.0. The summed E-state index contributed by atoms with van der Waals surface area (Å²) in [5.41, 5.74) is 0.692. The van der Waals surface area contributed by atoms with Gasteiger partial charge in [-0.2, -0.15) is 5.26 Å². The van der Waals surface area contributed by atoms with Crippen molar-refractivity contribution in [3.8, 4) is 6.07 Å². The van der Waals surface area contributed by atoms with Gasteiger partial charge in [0.25, 0.3) is 5.91 Å². The standard InChI is InChI=1S/C16H21N3O/c1-13-7-8-14(11-18-13)15(20)19-16(12-17)9-5-3-2-4-6-10-16/h7-8,11H,2-6,9-10H2,1H3,(H,19,20). The third-order valence-corrected chi connectivity index (χ3v) is 3.95. The fourth-order valence-corrected chi connectivity index (χ4v) is 2.67. The van der Waals surface area contributed by atoms with Gasteiger partial charge in [-0.15, -0.1) is 0 Å². The highest BCUT2D eigenvalue weighted by Crippen LogP contribution is 2.26. The summed E-state index contributed by atoms with van der Waals surface area (Å²) in [6.45, 7) is 1.88. The summed E-state index contributed by atoms with van der Waals surface area (Å²) in [5, 5.41) is 12.5. The number of aromatic nitrogens is 1. The van der Waals surface area contributed by atoms with Crippen LogP contribution in [-0.2, 0) is 0 Å². The predicted molar refractivity (Wildman–Crippen MR) is 77.1 cm³/mol. The Morgan fingerprint density at radius 1 is 1.25 bits per heavy atom. The molecule has 1 fully saturated rings. The lowest BCUT2D eigenvalue weighted by Crippen LogP contribution is -2.47. The van der Waals surface area contributed by atoms with Gasteiger partial charge in [-0.3, -0.25) is 9.78 Å².